The summed E-state index contributed by atoms with van der Waals surface area (Å²) in [5.74, 6) is 0.404. The Morgan fingerprint density at radius 3 is 2.52 bits per heavy atom. The van der Waals surface area contributed by atoms with Crippen LogP contribution in [0.1, 0.15) is 25.0 Å². The van der Waals surface area contributed by atoms with Gasteiger partial charge in [-0.15, -0.1) is 0 Å². The van der Waals surface area contributed by atoms with Crippen LogP contribution in [0.3, 0.4) is 0 Å². The first-order valence-corrected chi connectivity index (χ1v) is 10.9. The lowest BCUT2D eigenvalue weighted by molar-refractivity contribution is 0.0786. The van der Waals surface area contributed by atoms with E-state index in [1.807, 2.05) is 36.4 Å². The number of hydrogen-bond donors (Lipinski definition) is 2. The molecule has 0 spiro atoms. The summed E-state index contributed by atoms with van der Waals surface area (Å²) in [7, 11) is 5.82. The van der Waals surface area contributed by atoms with Gasteiger partial charge in [-0.1, -0.05) is 24.3 Å². The zero-order valence-corrected chi connectivity index (χ0v) is 19.7. The lowest BCUT2D eigenvalue weighted by Gasteiger charge is -2.19. The Hall–Kier alpha value is -3.49. The van der Waals surface area contributed by atoms with Gasteiger partial charge in [-0.05, 0) is 69.8 Å². The van der Waals surface area contributed by atoms with E-state index in [4.69, 9.17) is 0 Å². The Kier molecular flexibility index (Phi) is 6.05. The van der Waals surface area contributed by atoms with Crippen LogP contribution in [0.5, 0.6) is 0 Å². The zero-order chi connectivity index (χ0) is 23.8. The fourth-order valence-electron chi connectivity index (χ4n) is 3.70. The molecule has 2 aromatic carbocycles. The molecule has 0 aliphatic carbocycles. The Morgan fingerprint density at radius 2 is 1.85 bits per heavy atom. The van der Waals surface area contributed by atoms with Crippen LogP contribution in [-0.2, 0) is 19.1 Å². The minimum Gasteiger partial charge on any atom is -0.386 e. The lowest BCUT2D eigenvalue weighted by Crippen LogP contribution is -2.19. The molecule has 2 N–H and O–H groups in total. The second kappa shape index (κ2) is 8.80. The van der Waals surface area contributed by atoms with Gasteiger partial charge in [-0.3, -0.25) is 4.79 Å². The molecule has 0 saturated heterocycles. The van der Waals surface area contributed by atoms with Gasteiger partial charge >= 0.3 is 0 Å². The Labute approximate surface area is 193 Å². The summed E-state index contributed by atoms with van der Waals surface area (Å²) >= 11 is 0. The van der Waals surface area contributed by atoms with Gasteiger partial charge in [-0.25, -0.2) is 14.3 Å². The highest BCUT2D eigenvalue weighted by molar-refractivity contribution is 5.77. The van der Waals surface area contributed by atoms with Crippen LogP contribution in [0.2, 0.25) is 0 Å². The first-order valence-electron chi connectivity index (χ1n) is 10.9. The van der Waals surface area contributed by atoms with E-state index in [1.54, 1.807) is 31.8 Å². The molecule has 0 aliphatic heterocycles. The molecule has 4 aromatic rings. The highest BCUT2D eigenvalue weighted by Gasteiger charge is 2.19. The van der Waals surface area contributed by atoms with Gasteiger partial charge in [0, 0.05) is 25.5 Å². The highest BCUT2D eigenvalue weighted by Crippen LogP contribution is 2.24. The number of benzene rings is 2. The molecular formula is C25H30N6O2. The van der Waals surface area contributed by atoms with Crippen LogP contribution in [0.25, 0.3) is 16.7 Å². The minimum atomic E-state index is -1.00. The molecule has 0 radical (unpaired) electrons. The van der Waals surface area contributed by atoms with Crippen LogP contribution < -0.4 is 10.9 Å². The number of likely N-dealkylation sites (N-methyl/N-ethyl adjacent to an activating group) is 1. The third kappa shape index (κ3) is 4.81. The van der Waals surface area contributed by atoms with Crippen molar-refractivity contribution in [2.24, 2.45) is 7.05 Å². The van der Waals surface area contributed by atoms with Gasteiger partial charge in [0.05, 0.1) is 11.3 Å². The van der Waals surface area contributed by atoms with E-state index in [9.17, 15) is 9.90 Å². The standard InChI is InChI=1S/C25H30N6O2/c1-25(2,33)18-7-6-8-20(15-18)31-22-21(23(32)30(31)5)16-26-24(28-22)27-19-11-9-17(10-12-19)13-14-29(3)4/h6-12,15-16,33H,13-14H2,1-5H3,(H,26,27,28). The summed E-state index contributed by atoms with van der Waals surface area (Å²) in [5.41, 5.74) is 2.92. The van der Waals surface area contributed by atoms with Crippen molar-refractivity contribution >= 4 is 22.7 Å². The summed E-state index contributed by atoms with van der Waals surface area (Å²) in [6, 6.07) is 15.6. The van der Waals surface area contributed by atoms with Crippen LogP contribution in [-0.4, -0.2) is 50.0 Å². The van der Waals surface area contributed by atoms with E-state index < -0.39 is 5.60 Å². The van der Waals surface area contributed by atoms with Crippen molar-refractivity contribution in [1.29, 1.82) is 0 Å². The average Bonchev–Trinajstić information content (AvgIpc) is 3.02. The Morgan fingerprint density at radius 1 is 1.12 bits per heavy atom. The molecule has 8 heteroatoms. The number of anilines is 2. The molecular weight excluding hydrogens is 416 g/mol. The summed E-state index contributed by atoms with van der Waals surface area (Å²) in [4.78, 5) is 24.0. The van der Waals surface area contributed by atoms with Gasteiger partial charge in [0.1, 0.15) is 5.39 Å². The normalized spacial score (nSPS) is 12.0. The van der Waals surface area contributed by atoms with Crippen molar-refractivity contribution in [3.05, 3.63) is 76.2 Å². The average molecular weight is 447 g/mol. The lowest BCUT2D eigenvalue weighted by atomic mass is 9.98. The maximum Gasteiger partial charge on any atom is 0.277 e. The fourth-order valence-corrected chi connectivity index (χ4v) is 3.70. The number of aliphatic hydroxyl groups is 1. The first kappa shape index (κ1) is 22.7. The molecule has 8 nitrogen and oxygen atoms in total. The van der Waals surface area contributed by atoms with E-state index >= 15 is 0 Å². The first-order chi connectivity index (χ1) is 15.6. The van der Waals surface area contributed by atoms with E-state index in [0.29, 0.717) is 17.0 Å². The third-order valence-electron chi connectivity index (χ3n) is 5.65. The van der Waals surface area contributed by atoms with Gasteiger partial charge in [0.2, 0.25) is 5.95 Å². The number of rotatable bonds is 7. The van der Waals surface area contributed by atoms with Crippen LogP contribution in [0, 0.1) is 0 Å². The van der Waals surface area contributed by atoms with Crippen LogP contribution in [0.4, 0.5) is 11.6 Å². The van der Waals surface area contributed by atoms with Crippen molar-refractivity contribution in [2.45, 2.75) is 25.9 Å². The third-order valence-corrected chi connectivity index (χ3v) is 5.65. The molecule has 0 aliphatic rings. The molecule has 2 aromatic heterocycles. The molecule has 0 atom stereocenters. The maximum absolute atomic E-state index is 12.8. The maximum atomic E-state index is 12.8. The van der Waals surface area contributed by atoms with Gasteiger partial charge in [0.15, 0.2) is 5.65 Å². The van der Waals surface area contributed by atoms with Crippen molar-refractivity contribution in [3.63, 3.8) is 0 Å². The molecule has 2 heterocycles. The van der Waals surface area contributed by atoms with E-state index in [1.165, 1.54) is 10.2 Å². The van der Waals surface area contributed by atoms with Gasteiger partial charge < -0.3 is 15.3 Å². The molecule has 0 bridgehead atoms. The number of fused-ring (bicyclic) bond motifs is 1. The summed E-state index contributed by atoms with van der Waals surface area (Å²) < 4.78 is 3.25. The van der Waals surface area contributed by atoms with Crippen molar-refractivity contribution in [3.8, 4) is 5.69 Å². The van der Waals surface area contributed by atoms with E-state index in [2.05, 4.69) is 46.4 Å². The monoisotopic (exact) mass is 446 g/mol. The number of aromatic nitrogens is 4. The summed E-state index contributed by atoms with van der Waals surface area (Å²) in [6.07, 6.45) is 2.53. The largest absolute Gasteiger partial charge is 0.386 e. The molecule has 4 rings (SSSR count). The van der Waals surface area contributed by atoms with Crippen LogP contribution >= 0.6 is 0 Å². The van der Waals surface area contributed by atoms with Gasteiger partial charge in [-0.2, -0.15) is 4.98 Å². The summed E-state index contributed by atoms with van der Waals surface area (Å²) in [6.45, 7) is 4.45. The number of nitrogens with zero attached hydrogens (tertiary/aromatic N) is 5. The smallest absolute Gasteiger partial charge is 0.277 e. The zero-order valence-electron chi connectivity index (χ0n) is 19.7. The van der Waals surface area contributed by atoms with Gasteiger partial charge in [0.25, 0.3) is 5.56 Å². The Balaban J connectivity index is 1.69. The Bertz CT molecular complexity index is 1330. The van der Waals surface area contributed by atoms with E-state index in [0.717, 1.165) is 29.9 Å². The summed E-state index contributed by atoms with van der Waals surface area (Å²) in [5, 5.41) is 14.1. The van der Waals surface area contributed by atoms with E-state index in [-0.39, 0.29) is 5.56 Å². The highest BCUT2D eigenvalue weighted by atomic mass is 16.3. The number of nitrogens with one attached hydrogen (secondary N) is 1. The molecule has 0 unspecified atom stereocenters. The van der Waals surface area contributed by atoms with Crippen molar-refractivity contribution < 1.29 is 5.11 Å². The molecule has 33 heavy (non-hydrogen) atoms. The van der Waals surface area contributed by atoms with Crippen LogP contribution in [0.15, 0.2) is 59.5 Å². The SMILES string of the molecule is CN(C)CCc1ccc(Nc2ncc3c(=O)n(C)n(-c4cccc(C(C)(C)O)c4)c3n2)cc1. The van der Waals surface area contributed by atoms with Crippen molar-refractivity contribution in [1.82, 2.24) is 24.2 Å². The second-order valence-electron chi connectivity index (χ2n) is 9.06. The fraction of sp³-hybridized carbons (Fsp3) is 0.320. The quantitative estimate of drug-likeness (QED) is 0.453. The topological polar surface area (TPSA) is 88.2 Å². The van der Waals surface area contributed by atoms with Crippen molar-refractivity contribution in [2.75, 3.05) is 26.0 Å². The minimum absolute atomic E-state index is 0.185. The predicted molar refractivity (Wildman–Crippen MR) is 131 cm³/mol. The number of hydrogen-bond acceptors (Lipinski definition) is 6. The predicted octanol–water partition coefficient (Wildman–Crippen LogP) is 3.19. The molecule has 172 valence electrons. The molecule has 0 fully saturated rings. The second-order valence-corrected chi connectivity index (χ2v) is 9.06. The molecule has 0 amide bonds. The molecule has 0 saturated carbocycles.